The summed E-state index contributed by atoms with van der Waals surface area (Å²) in [7, 11) is 0. The smallest absolute Gasteiger partial charge is 0.339 e. The van der Waals surface area contributed by atoms with Crippen molar-refractivity contribution in [1.29, 1.82) is 0 Å². The lowest BCUT2D eigenvalue weighted by atomic mass is 9.94. The zero-order chi connectivity index (χ0) is 25.7. The zero-order valence-corrected chi connectivity index (χ0v) is 19.7. The Kier molecular flexibility index (Phi) is 7.30. The second-order valence-electron chi connectivity index (χ2n) is 8.37. The number of nitrogen functional groups attached to an aromatic ring is 2. The molecule has 0 saturated carbocycles. The van der Waals surface area contributed by atoms with Crippen LogP contribution in [0.1, 0.15) is 37.4 Å². The van der Waals surface area contributed by atoms with E-state index in [4.69, 9.17) is 20.9 Å². The third-order valence-corrected chi connectivity index (χ3v) is 5.59. The first-order valence-corrected chi connectivity index (χ1v) is 11.2. The van der Waals surface area contributed by atoms with Crippen molar-refractivity contribution in [3.8, 4) is 11.1 Å². The molecule has 0 atom stereocenters. The monoisotopic (exact) mass is 484 g/mol. The number of rotatable bonds is 7. The predicted octanol–water partition coefficient (Wildman–Crippen LogP) is 5.68. The summed E-state index contributed by atoms with van der Waals surface area (Å²) in [4.78, 5) is 26.1. The summed E-state index contributed by atoms with van der Waals surface area (Å²) < 4.78 is 24.2. The lowest BCUT2D eigenvalue weighted by Gasteiger charge is -2.15. The third-order valence-electron chi connectivity index (χ3n) is 5.59. The summed E-state index contributed by atoms with van der Waals surface area (Å²) in [5.74, 6) is -1.61. The molecule has 0 aliphatic heterocycles. The number of esters is 2. The summed E-state index contributed by atoms with van der Waals surface area (Å²) in [5, 5.41) is 0. The number of nitrogens with two attached hydrogens (primary N) is 2. The van der Waals surface area contributed by atoms with Gasteiger partial charge in [-0.2, -0.15) is 0 Å². The third kappa shape index (κ3) is 5.88. The second-order valence-corrected chi connectivity index (χ2v) is 8.37. The minimum Gasteiger partial charge on any atom is -0.457 e. The molecular formula is C29H25FN2O4. The Morgan fingerprint density at radius 2 is 1.08 bits per heavy atom. The molecule has 0 unspecified atom stereocenters. The topological polar surface area (TPSA) is 105 Å². The van der Waals surface area contributed by atoms with E-state index in [1.165, 1.54) is 36.4 Å². The van der Waals surface area contributed by atoms with Crippen molar-refractivity contribution in [1.82, 2.24) is 0 Å². The van der Waals surface area contributed by atoms with Crippen molar-refractivity contribution in [2.75, 3.05) is 11.5 Å². The Bertz CT molecular complexity index is 1290. The van der Waals surface area contributed by atoms with Crippen molar-refractivity contribution in [3.63, 3.8) is 0 Å². The van der Waals surface area contributed by atoms with Crippen molar-refractivity contribution in [2.45, 2.75) is 20.1 Å². The molecule has 36 heavy (non-hydrogen) atoms. The van der Waals surface area contributed by atoms with Crippen LogP contribution in [0.2, 0.25) is 0 Å². The molecule has 0 aliphatic carbocycles. The Hall–Kier alpha value is -4.65. The van der Waals surface area contributed by atoms with Gasteiger partial charge in [0.05, 0.1) is 11.1 Å². The van der Waals surface area contributed by atoms with Crippen LogP contribution in [0, 0.1) is 12.7 Å². The molecule has 0 spiro atoms. The summed E-state index contributed by atoms with van der Waals surface area (Å²) in [6, 6.07) is 22.9. The molecule has 6 nitrogen and oxygen atoms in total. The number of ether oxygens (including phenoxy) is 2. The molecule has 0 radical (unpaired) electrons. The van der Waals surface area contributed by atoms with Crippen LogP contribution in [0.3, 0.4) is 0 Å². The van der Waals surface area contributed by atoms with Crippen molar-refractivity contribution < 1.29 is 23.5 Å². The van der Waals surface area contributed by atoms with Gasteiger partial charge in [0.1, 0.15) is 19.0 Å². The first kappa shape index (κ1) is 24.5. The summed E-state index contributed by atoms with van der Waals surface area (Å²) in [6.45, 7) is 2.01. The summed E-state index contributed by atoms with van der Waals surface area (Å²) in [5.41, 5.74) is 16.5. The number of carbonyl (C=O) groups excluding carboxylic acids is 2. The molecule has 4 aromatic carbocycles. The van der Waals surface area contributed by atoms with Crippen molar-refractivity contribution >= 4 is 23.3 Å². The van der Waals surface area contributed by atoms with E-state index < -0.39 is 11.9 Å². The number of halogens is 1. The lowest BCUT2D eigenvalue weighted by molar-refractivity contribution is 0.0462. The van der Waals surface area contributed by atoms with Crippen LogP contribution in [0.15, 0.2) is 84.9 Å². The van der Waals surface area contributed by atoms with Gasteiger partial charge in [-0.3, -0.25) is 0 Å². The maximum absolute atomic E-state index is 13.2. The number of hydrogen-bond donors (Lipinski definition) is 2. The Morgan fingerprint density at radius 3 is 1.53 bits per heavy atom. The quantitative estimate of drug-likeness (QED) is 0.258. The summed E-state index contributed by atoms with van der Waals surface area (Å²) >= 11 is 0. The fraction of sp³-hybridized carbons (Fsp3) is 0.103. The van der Waals surface area contributed by atoms with E-state index >= 15 is 0 Å². The van der Waals surface area contributed by atoms with Gasteiger partial charge in [0.25, 0.3) is 0 Å². The minimum atomic E-state index is -0.641. The van der Waals surface area contributed by atoms with Crippen LogP contribution in [0.4, 0.5) is 15.8 Å². The molecule has 0 saturated heterocycles. The highest BCUT2D eigenvalue weighted by Crippen LogP contribution is 2.31. The van der Waals surface area contributed by atoms with Crippen LogP contribution in [-0.2, 0) is 22.7 Å². The van der Waals surface area contributed by atoms with Crippen LogP contribution in [0.5, 0.6) is 0 Å². The number of benzene rings is 4. The lowest BCUT2D eigenvalue weighted by Crippen LogP contribution is -2.11. The number of anilines is 2. The summed E-state index contributed by atoms with van der Waals surface area (Å²) in [6.07, 6.45) is 0. The van der Waals surface area contributed by atoms with E-state index in [9.17, 15) is 14.0 Å². The maximum atomic E-state index is 13.2. The average Bonchev–Trinajstić information content (AvgIpc) is 2.88. The van der Waals surface area contributed by atoms with Crippen LogP contribution in [0.25, 0.3) is 11.1 Å². The van der Waals surface area contributed by atoms with Gasteiger partial charge in [-0.15, -0.1) is 0 Å². The van der Waals surface area contributed by atoms with E-state index in [1.54, 1.807) is 24.3 Å². The second kappa shape index (κ2) is 10.7. The van der Waals surface area contributed by atoms with Gasteiger partial charge in [-0.1, -0.05) is 54.1 Å². The highest BCUT2D eigenvalue weighted by Gasteiger charge is 2.21. The largest absolute Gasteiger partial charge is 0.457 e. The molecule has 4 aromatic rings. The van der Waals surface area contributed by atoms with Gasteiger partial charge >= 0.3 is 11.9 Å². The van der Waals surface area contributed by atoms with Gasteiger partial charge in [-0.25, -0.2) is 14.0 Å². The van der Waals surface area contributed by atoms with Gasteiger partial charge < -0.3 is 20.9 Å². The van der Waals surface area contributed by atoms with Crippen LogP contribution < -0.4 is 11.5 Å². The number of carbonyl (C=O) groups is 2. The van der Waals surface area contributed by atoms with Gasteiger partial charge in [0, 0.05) is 11.4 Å². The molecule has 0 bridgehead atoms. The molecular weight excluding hydrogens is 459 g/mol. The first-order valence-electron chi connectivity index (χ1n) is 11.2. The van der Waals surface area contributed by atoms with Crippen LogP contribution >= 0.6 is 0 Å². The van der Waals surface area contributed by atoms with E-state index in [1.807, 2.05) is 31.2 Å². The molecule has 0 heterocycles. The first-order chi connectivity index (χ1) is 17.3. The molecule has 4 N–H and O–H groups in total. The zero-order valence-electron chi connectivity index (χ0n) is 19.7. The normalized spacial score (nSPS) is 10.6. The molecule has 0 amide bonds. The Balaban J connectivity index is 1.61. The molecule has 4 rings (SSSR count). The molecule has 0 aliphatic rings. The number of aryl methyl sites for hydroxylation is 1. The van der Waals surface area contributed by atoms with E-state index in [0.29, 0.717) is 28.1 Å². The van der Waals surface area contributed by atoms with Crippen molar-refractivity contribution in [2.24, 2.45) is 0 Å². The van der Waals surface area contributed by atoms with Crippen molar-refractivity contribution in [3.05, 3.63) is 119 Å². The van der Waals surface area contributed by atoms with E-state index in [-0.39, 0.29) is 30.2 Å². The van der Waals surface area contributed by atoms with Gasteiger partial charge in [-0.05, 0) is 65.6 Å². The Labute approximate surface area is 208 Å². The van der Waals surface area contributed by atoms with Gasteiger partial charge in [0.2, 0.25) is 0 Å². The van der Waals surface area contributed by atoms with E-state index in [2.05, 4.69) is 0 Å². The van der Waals surface area contributed by atoms with E-state index in [0.717, 1.165) is 11.1 Å². The average molecular weight is 485 g/mol. The fourth-order valence-electron chi connectivity index (χ4n) is 3.65. The highest BCUT2D eigenvalue weighted by atomic mass is 19.1. The highest BCUT2D eigenvalue weighted by molar-refractivity contribution is 6.04. The van der Waals surface area contributed by atoms with Gasteiger partial charge in [0.15, 0.2) is 0 Å². The minimum absolute atomic E-state index is 0.0550. The standard InChI is InChI=1S/C29H25FN2O4/c1-18-2-4-19(5-3-18)16-35-28(33)26-14-22(31)10-12-24(26)25-13-11-23(32)15-27(25)29(34)36-17-20-6-8-21(30)9-7-20/h2-15H,16-17,31-32H2,1H3. The number of hydrogen-bond acceptors (Lipinski definition) is 6. The molecule has 7 heteroatoms. The predicted molar refractivity (Wildman–Crippen MR) is 137 cm³/mol. The SMILES string of the molecule is Cc1ccc(COC(=O)c2cc(N)ccc2-c2ccc(N)cc2C(=O)OCc2ccc(F)cc2)cc1. The molecule has 0 fully saturated rings. The van der Waals surface area contributed by atoms with Crippen LogP contribution in [-0.4, -0.2) is 11.9 Å². The molecule has 182 valence electrons. The fourth-order valence-corrected chi connectivity index (χ4v) is 3.65. The maximum Gasteiger partial charge on any atom is 0.339 e. The Morgan fingerprint density at radius 1 is 0.667 bits per heavy atom. The molecule has 0 aromatic heterocycles.